The van der Waals surface area contributed by atoms with Crippen LogP contribution in [-0.4, -0.2) is 25.2 Å². The lowest BCUT2D eigenvalue weighted by Crippen LogP contribution is -2.23. The topological polar surface area (TPSA) is 81.8 Å². The van der Waals surface area contributed by atoms with Crippen LogP contribution in [0.5, 0.6) is 0 Å². The minimum atomic E-state index is -0.441. The number of nitrogens with one attached hydrogen (secondary N) is 1. The van der Waals surface area contributed by atoms with Gasteiger partial charge in [0, 0.05) is 41.1 Å². The number of rotatable bonds is 4. The molecule has 0 spiro atoms. The standard InChI is InChI=1S/C21H18FN5O2S/c1-12-10-16(13(2)27(12)15-6-4-14(22)5-7-15)18-11-30-21(23-18)24-20(29)17-8-9-19(28)26(3)25-17/h4-11H,1-3H3,(H,23,24,29). The van der Waals surface area contributed by atoms with Crippen LogP contribution < -0.4 is 10.9 Å². The number of carbonyl (C=O) groups is 1. The van der Waals surface area contributed by atoms with Crippen molar-refractivity contribution in [2.45, 2.75) is 13.8 Å². The van der Waals surface area contributed by atoms with E-state index in [1.165, 1.54) is 42.6 Å². The highest BCUT2D eigenvalue weighted by atomic mass is 32.1. The minimum Gasteiger partial charge on any atom is -0.318 e. The predicted octanol–water partition coefficient (Wildman–Crippen LogP) is 3.70. The van der Waals surface area contributed by atoms with Crippen molar-refractivity contribution in [3.8, 4) is 16.9 Å². The van der Waals surface area contributed by atoms with Crippen molar-refractivity contribution in [3.05, 3.63) is 81.1 Å². The molecule has 0 aliphatic rings. The van der Waals surface area contributed by atoms with Gasteiger partial charge in [-0.1, -0.05) is 0 Å². The second-order valence-corrected chi connectivity index (χ2v) is 7.63. The van der Waals surface area contributed by atoms with E-state index in [0.717, 1.165) is 33.0 Å². The zero-order valence-electron chi connectivity index (χ0n) is 16.5. The molecule has 0 saturated heterocycles. The molecule has 0 saturated carbocycles. The fraction of sp³-hybridized carbons (Fsp3) is 0.143. The minimum absolute atomic E-state index is 0.128. The van der Waals surface area contributed by atoms with Gasteiger partial charge in [0.2, 0.25) is 0 Å². The molecule has 0 radical (unpaired) electrons. The zero-order valence-corrected chi connectivity index (χ0v) is 17.3. The first-order chi connectivity index (χ1) is 14.3. The Kier molecular flexibility index (Phi) is 5.04. The number of nitrogens with zero attached hydrogens (tertiary/aromatic N) is 4. The first kappa shape index (κ1) is 19.7. The number of halogens is 1. The van der Waals surface area contributed by atoms with Gasteiger partial charge in [0.25, 0.3) is 11.5 Å². The molecule has 0 unspecified atom stereocenters. The van der Waals surface area contributed by atoms with Crippen LogP contribution in [0.25, 0.3) is 16.9 Å². The maximum absolute atomic E-state index is 13.3. The van der Waals surface area contributed by atoms with Crippen molar-refractivity contribution in [2.24, 2.45) is 7.05 Å². The largest absolute Gasteiger partial charge is 0.318 e. The van der Waals surface area contributed by atoms with Gasteiger partial charge in [0.05, 0.1) is 5.69 Å². The van der Waals surface area contributed by atoms with Crippen LogP contribution in [0.1, 0.15) is 21.9 Å². The van der Waals surface area contributed by atoms with Crippen LogP contribution in [0.3, 0.4) is 0 Å². The van der Waals surface area contributed by atoms with E-state index in [2.05, 4.69) is 15.4 Å². The van der Waals surface area contributed by atoms with E-state index in [4.69, 9.17) is 0 Å². The van der Waals surface area contributed by atoms with E-state index >= 15 is 0 Å². The summed E-state index contributed by atoms with van der Waals surface area (Å²) in [6.45, 7) is 3.94. The Morgan fingerprint density at radius 3 is 2.57 bits per heavy atom. The maximum atomic E-state index is 13.3. The SMILES string of the molecule is Cc1cc(-c2csc(NC(=O)c3ccc(=O)n(C)n3)n2)c(C)n1-c1ccc(F)cc1. The van der Waals surface area contributed by atoms with Gasteiger partial charge in [-0.15, -0.1) is 11.3 Å². The van der Waals surface area contributed by atoms with E-state index in [-0.39, 0.29) is 17.1 Å². The summed E-state index contributed by atoms with van der Waals surface area (Å²) in [6.07, 6.45) is 0. The lowest BCUT2D eigenvalue weighted by molar-refractivity contribution is 0.102. The van der Waals surface area contributed by atoms with Crippen molar-refractivity contribution < 1.29 is 9.18 Å². The summed E-state index contributed by atoms with van der Waals surface area (Å²) < 4.78 is 16.4. The van der Waals surface area contributed by atoms with Crippen LogP contribution in [0.2, 0.25) is 0 Å². The number of hydrogen-bond acceptors (Lipinski definition) is 5. The molecule has 0 aliphatic carbocycles. The molecule has 1 N–H and O–H groups in total. The number of benzene rings is 1. The Morgan fingerprint density at radius 2 is 1.87 bits per heavy atom. The number of amides is 1. The third-order valence-corrected chi connectivity index (χ3v) is 5.47. The second-order valence-electron chi connectivity index (χ2n) is 6.77. The third-order valence-electron chi connectivity index (χ3n) is 4.71. The first-order valence-corrected chi connectivity index (χ1v) is 9.98. The molecule has 1 amide bonds. The number of thiazole rings is 1. The number of aromatic nitrogens is 4. The number of carbonyl (C=O) groups excluding carboxylic acids is 1. The van der Waals surface area contributed by atoms with Crippen molar-refractivity contribution in [3.63, 3.8) is 0 Å². The monoisotopic (exact) mass is 423 g/mol. The molecular weight excluding hydrogens is 405 g/mol. The van der Waals surface area contributed by atoms with Crippen molar-refractivity contribution >= 4 is 22.4 Å². The average molecular weight is 423 g/mol. The van der Waals surface area contributed by atoms with Gasteiger partial charge in [0.1, 0.15) is 11.5 Å². The molecule has 3 heterocycles. The van der Waals surface area contributed by atoms with Gasteiger partial charge >= 0.3 is 0 Å². The summed E-state index contributed by atoms with van der Waals surface area (Å²) in [5.41, 5.74) is 4.30. The van der Waals surface area contributed by atoms with Crippen molar-refractivity contribution in [2.75, 3.05) is 5.32 Å². The Bertz CT molecular complexity index is 1300. The number of anilines is 1. The zero-order chi connectivity index (χ0) is 21.4. The smallest absolute Gasteiger partial charge is 0.277 e. The third kappa shape index (κ3) is 3.67. The van der Waals surface area contributed by atoms with Gasteiger partial charge in [0.15, 0.2) is 5.13 Å². The van der Waals surface area contributed by atoms with E-state index in [1.807, 2.05) is 29.9 Å². The maximum Gasteiger partial charge on any atom is 0.277 e. The summed E-state index contributed by atoms with van der Waals surface area (Å²) in [5, 5.41) is 8.95. The first-order valence-electron chi connectivity index (χ1n) is 9.10. The second kappa shape index (κ2) is 7.68. The van der Waals surface area contributed by atoms with E-state index in [9.17, 15) is 14.0 Å². The van der Waals surface area contributed by atoms with Gasteiger partial charge < -0.3 is 4.57 Å². The summed E-state index contributed by atoms with van der Waals surface area (Å²) in [4.78, 5) is 28.4. The van der Waals surface area contributed by atoms with Crippen molar-refractivity contribution in [1.29, 1.82) is 0 Å². The Balaban J connectivity index is 1.60. The molecular formula is C21H18FN5O2S. The van der Waals surface area contributed by atoms with Crippen LogP contribution in [0.15, 0.2) is 52.6 Å². The predicted molar refractivity (Wildman–Crippen MR) is 114 cm³/mol. The molecule has 4 aromatic rings. The highest BCUT2D eigenvalue weighted by molar-refractivity contribution is 7.14. The highest BCUT2D eigenvalue weighted by Crippen LogP contribution is 2.31. The molecule has 9 heteroatoms. The molecule has 4 rings (SSSR count). The van der Waals surface area contributed by atoms with E-state index < -0.39 is 5.91 Å². The Morgan fingerprint density at radius 1 is 1.13 bits per heavy atom. The van der Waals surface area contributed by atoms with Crippen LogP contribution in [0, 0.1) is 19.7 Å². The highest BCUT2D eigenvalue weighted by Gasteiger charge is 2.16. The molecule has 1 aromatic carbocycles. The molecule has 0 fully saturated rings. The van der Waals surface area contributed by atoms with E-state index in [0.29, 0.717) is 5.13 Å². The molecule has 3 aromatic heterocycles. The van der Waals surface area contributed by atoms with E-state index in [1.54, 1.807) is 12.1 Å². The van der Waals surface area contributed by atoms with Gasteiger partial charge in [-0.05, 0) is 50.2 Å². The normalized spacial score (nSPS) is 10.9. The lowest BCUT2D eigenvalue weighted by Gasteiger charge is -2.09. The molecule has 152 valence electrons. The lowest BCUT2D eigenvalue weighted by atomic mass is 10.2. The summed E-state index contributed by atoms with van der Waals surface area (Å²) in [7, 11) is 1.48. The molecule has 7 nitrogen and oxygen atoms in total. The molecule has 30 heavy (non-hydrogen) atoms. The van der Waals surface area contributed by atoms with Gasteiger partial charge in [-0.25, -0.2) is 14.1 Å². The van der Waals surface area contributed by atoms with Crippen LogP contribution in [0.4, 0.5) is 9.52 Å². The summed E-state index contributed by atoms with van der Waals surface area (Å²) in [6, 6.07) is 11.0. The Hall–Kier alpha value is -3.59. The fourth-order valence-electron chi connectivity index (χ4n) is 3.25. The van der Waals surface area contributed by atoms with Crippen LogP contribution in [-0.2, 0) is 7.05 Å². The molecule has 0 atom stereocenters. The summed E-state index contributed by atoms with van der Waals surface area (Å²) >= 11 is 1.30. The van der Waals surface area contributed by atoms with Gasteiger partial charge in [-0.3, -0.25) is 14.9 Å². The number of aryl methyl sites for hydroxylation is 2. The average Bonchev–Trinajstić information content (AvgIpc) is 3.28. The quantitative estimate of drug-likeness (QED) is 0.543. The van der Waals surface area contributed by atoms with Gasteiger partial charge in [-0.2, -0.15) is 5.10 Å². The molecule has 0 aliphatic heterocycles. The fourth-order valence-corrected chi connectivity index (χ4v) is 3.95. The Labute approximate surface area is 175 Å². The van der Waals surface area contributed by atoms with Crippen LogP contribution >= 0.6 is 11.3 Å². The summed E-state index contributed by atoms with van der Waals surface area (Å²) in [5.74, 6) is -0.724. The number of hydrogen-bond donors (Lipinski definition) is 1. The van der Waals surface area contributed by atoms with Crippen molar-refractivity contribution in [1.82, 2.24) is 19.3 Å². The molecule has 0 bridgehead atoms.